The largest absolute Gasteiger partial charge is 0.416 e. The van der Waals surface area contributed by atoms with Crippen LogP contribution < -0.4 is 0 Å². The predicted molar refractivity (Wildman–Crippen MR) is 87.5 cm³/mol. The van der Waals surface area contributed by atoms with Crippen LogP contribution in [0.1, 0.15) is 37.5 Å². The Morgan fingerprint density at radius 3 is 2.00 bits per heavy atom. The van der Waals surface area contributed by atoms with Crippen molar-refractivity contribution in [3.05, 3.63) is 65.4 Å². The van der Waals surface area contributed by atoms with E-state index >= 15 is 0 Å². The summed E-state index contributed by atoms with van der Waals surface area (Å²) in [6.07, 6.45) is -8.57. The fourth-order valence-electron chi connectivity index (χ4n) is 2.64. The molecular formula is C19H17F6N. The monoisotopic (exact) mass is 373 g/mol. The third-order valence-corrected chi connectivity index (χ3v) is 4.40. The van der Waals surface area contributed by atoms with Crippen molar-refractivity contribution in [1.82, 2.24) is 4.98 Å². The first-order valence-corrected chi connectivity index (χ1v) is 7.66. The van der Waals surface area contributed by atoms with Crippen LogP contribution in [-0.4, -0.2) is 4.98 Å². The van der Waals surface area contributed by atoms with Gasteiger partial charge in [0, 0.05) is 17.2 Å². The second-order valence-corrected chi connectivity index (χ2v) is 6.56. The Balaban J connectivity index is 3.02. The smallest absolute Gasteiger partial charge is 0.256 e. The molecule has 7 heteroatoms. The fourth-order valence-corrected chi connectivity index (χ4v) is 2.64. The van der Waals surface area contributed by atoms with E-state index in [9.17, 15) is 26.3 Å². The van der Waals surface area contributed by atoms with Crippen molar-refractivity contribution in [2.24, 2.45) is 0 Å². The molecule has 0 spiro atoms. The van der Waals surface area contributed by atoms with Gasteiger partial charge in [-0.15, -0.1) is 0 Å². The molecule has 0 aliphatic rings. The SMILES string of the molecule is C=C(C)C(C)(C)c1c(-c2ccccn2)cc(C(F)(F)F)cc1C(F)(F)F. The average Bonchev–Trinajstić information content (AvgIpc) is 2.52. The van der Waals surface area contributed by atoms with E-state index in [2.05, 4.69) is 11.6 Å². The highest BCUT2D eigenvalue weighted by atomic mass is 19.4. The van der Waals surface area contributed by atoms with E-state index in [1.165, 1.54) is 38.2 Å². The first kappa shape index (κ1) is 20.0. The van der Waals surface area contributed by atoms with Crippen molar-refractivity contribution in [2.45, 2.75) is 38.5 Å². The lowest BCUT2D eigenvalue weighted by atomic mass is 9.73. The van der Waals surface area contributed by atoms with Crippen LogP contribution in [0.5, 0.6) is 0 Å². The molecule has 0 aliphatic heterocycles. The van der Waals surface area contributed by atoms with Gasteiger partial charge in [-0.2, -0.15) is 26.3 Å². The number of alkyl halides is 6. The van der Waals surface area contributed by atoms with Crippen LogP contribution in [0.25, 0.3) is 11.3 Å². The van der Waals surface area contributed by atoms with Gasteiger partial charge in [-0.25, -0.2) is 0 Å². The quantitative estimate of drug-likeness (QED) is 0.434. The first-order chi connectivity index (χ1) is 11.8. The molecule has 0 fully saturated rings. The van der Waals surface area contributed by atoms with E-state index in [1.54, 1.807) is 6.92 Å². The number of pyridine rings is 1. The van der Waals surface area contributed by atoms with Crippen molar-refractivity contribution >= 4 is 0 Å². The number of nitrogens with zero attached hydrogens (tertiary/aromatic N) is 1. The van der Waals surface area contributed by atoms with Gasteiger partial charge < -0.3 is 0 Å². The van der Waals surface area contributed by atoms with E-state index in [1.807, 2.05) is 0 Å². The second kappa shape index (κ2) is 6.45. The Kier molecular flexibility index (Phi) is 4.96. The number of halogens is 6. The predicted octanol–water partition coefficient (Wildman–Crippen LogP) is 6.64. The molecule has 0 atom stereocenters. The van der Waals surface area contributed by atoms with E-state index in [0.717, 1.165) is 6.07 Å². The Hall–Kier alpha value is -2.31. The van der Waals surface area contributed by atoms with Crippen molar-refractivity contribution < 1.29 is 26.3 Å². The lowest BCUT2D eigenvalue weighted by molar-refractivity contribution is -0.143. The minimum atomic E-state index is -4.97. The molecule has 0 unspecified atom stereocenters. The molecule has 0 aliphatic carbocycles. The first-order valence-electron chi connectivity index (χ1n) is 7.66. The topological polar surface area (TPSA) is 12.9 Å². The summed E-state index contributed by atoms with van der Waals surface area (Å²) in [5, 5.41) is 0. The lowest BCUT2D eigenvalue weighted by Gasteiger charge is -2.32. The zero-order valence-corrected chi connectivity index (χ0v) is 14.4. The number of hydrogen-bond donors (Lipinski definition) is 0. The summed E-state index contributed by atoms with van der Waals surface area (Å²) >= 11 is 0. The maximum Gasteiger partial charge on any atom is 0.416 e. The second-order valence-electron chi connectivity index (χ2n) is 6.56. The van der Waals surface area contributed by atoms with Gasteiger partial charge in [0.25, 0.3) is 0 Å². The molecule has 0 N–H and O–H groups in total. The molecule has 1 aromatic carbocycles. The van der Waals surface area contributed by atoms with Crippen molar-refractivity contribution in [3.63, 3.8) is 0 Å². The highest BCUT2D eigenvalue weighted by molar-refractivity contribution is 5.70. The molecule has 1 nitrogen and oxygen atoms in total. The lowest BCUT2D eigenvalue weighted by Crippen LogP contribution is -2.26. The Bertz CT molecular complexity index is 816. The number of rotatable bonds is 3. The van der Waals surface area contributed by atoms with Crippen LogP contribution in [0, 0.1) is 0 Å². The van der Waals surface area contributed by atoms with Crippen molar-refractivity contribution in [1.29, 1.82) is 0 Å². The Morgan fingerprint density at radius 1 is 0.962 bits per heavy atom. The third kappa shape index (κ3) is 3.76. The number of allylic oxidation sites excluding steroid dienone is 1. The van der Waals surface area contributed by atoms with Gasteiger partial charge >= 0.3 is 12.4 Å². The summed E-state index contributed by atoms with van der Waals surface area (Å²) in [5.41, 5.74) is -3.98. The standard InChI is InChI=1S/C19H17F6N/c1-11(2)17(3,4)16-13(15-7-5-6-8-26-15)9-12(18(20,21)22)10-14(16)19(23,24)25/h5-10H,1H2,2-4H3. The van der Waals surface area contributed by atoms with Gasteiger partial charge in [0.2, 0.25) is 0 Å². The van der Waals surface area contributed by atoms with E-state index in [-0.39, 0.29) is 22.9 Å². The maximum atomic E-state index is 13.7. The fraction of sp³-hybridized carbons (Fsp3) is 0.316. The Morgan fingerprint density at radius 2 is 1.58 bits per heavy atom. The van der Waals surface area contributed by atoms with Gasteiger partial charge in [-0.3, -0.25) is 4.98 Å². The molecule has 2 aromatic rings. The van der Waals surface area contributed by atoms with Gasteiger partial charge in [0.15, 0.2) is 0 Å². The van der Waals surface area contributed by atoms with Gasteiger partial charge in [0.1, 0.15) is 0 Å². The Labute approximate surface area is 147 Å². The van der Waals surface area contributed by atoms with Gasteiger partial charge in [0.05, 0.1) is 16.8 Å². The summed E-state index contributed by atoms with van der Waals surface area (Å²) in [7, 11) is 0. The molecule has 0 amide bonds. The van der Waals surface area contributed by atoms with Crippen LogP contribution in [-0.2, 0) is 17.8 Å². The van der Waals surface area contributed by atoms with Crippen LogP contribution in [0.15, 0.2) is 48.7 Å². The molecule has 1 aromatic heterocycles. The summed E-state index contributed by atoms with van der Waals surface area (Å²) in [6, 6.07) is 5.30. The number of hydrogen-bond acceptors (Lipinski definition) is 1. The van der Waals surface area contributed by atoms with Gasteiger partial charge in [-0.05, 0) is 36.8 Å². The summed E-state index contributed by atoms with van der Waals surface area (Å²) in [6.45, 7) is 8.26. The number of aromatic nitrogens is 1. The molecular weight excluding hydrogens is 356 g/mol. The molecule has 0 saturated heterocycles. The molecule has 0 radical (unpaired) electrons. The van der Waals surface area contributed by atoms with Crippen LogP contribution in [0.2, 0.25) is 0 Å². The summed E-state index contributed by atoms with van der Waals surface area (Å²) in [4.78, 5) is 3.96. The average molecular weight is 373 g/mol. The van der Waals surface area contributed by atoms with Gasteiger partial charge in [-0.1, -0.05) is 32.1 Å². The minimum Gasteiger partial charge on any atom is -0.256 e. The normalized spacial score (nSPS) is 13.0. The zero-order valence-electron chi connectivity index (χ0n) is 14.4. The van der Waals surface area contributed by atoms with E-state index < -0.39 is 28.9 Å². The van der Waals surface area contributed by atoms with E-state index in [4.69, 9.17) is 0 Å². The zero-order chi connectivity index (χ0) is 19.9. The molecule has 140 valence electrons. The highest BCUT2D eigenvalue weighted by Crippen LogP contribution is 2.47. The van der Waals surface area contributed by atoms with Crippen molar-refractivity contribution in [2.75, 3.05) is 0 Å². The van der Waals surface area contributed by atoms with Crippen molar-refractivity contribution in [3.8, 4) is 11.3 Å². The van der Waals surface area contributed by atoms with E-state index in [0.29, 0.717) is 5.57 Å². The molecule has 0 bridgehead atoms. The molecule has 2 rings (SSSR count). The third-order valence-electron chi connectivity index (χ3n) is 4.40. The minimum absolute atomic E-state index is 0.0356. The van der Waals surface area contributed by atoms with Crippen LogP contribution >= 0.6 is 0 Å². The molecule has 0 saturated carbocycles. The van der Waals surface area contributed by atoms with Crippen LogP contribution in [0.4, 0.5) is 26.3 Å². The highest BCUT2D eigenvalue weighted by Gasteiger charge is 2.43. The summed E-state index contributed by atoms with van der Waals surface area (Å²) < 4.78 is 80.8. The maximum absolute atomic E-state index is 13.7. The molecule has 1 heterocycles. The molecule has 26 heavy (non-hydrogen) atoms. The summed E-state index contributed by atoms with van der Waals surface area (Å²) in [5.74, 6) is 0. The van der Waals surface area contributed by atoms with Crippen LogP contribution in [0.3, 0.4) is 0 Å². The number of benzene rings is 1.